The largest absolute Gasteiger partial charge is 0.445 e. The molecule has 0 aromatic heterocycles. The number of alkyl carbamates (subject to hydrolysis) is 1. The maximum absolute atomic E-state index is 12.5. The van der Waals surface area contributed by atoms with Gasteiger partial charge in [-0.3, -0.25) is 4.18 Å². The van der Waals surface area contributed by atoms with Crippen molar-refractivity contribution in [3.63, 3.8) is 0 Å². The smallest absolute Gasteiger partial charge is 0.407 e. The molecule has 34 heavy (non-hydrogen) atoms. The van der Waals surface area contributed by atoms with Crippen LogP contribution in [0.3, 0.4) is 0 Å². The highest BCUT2D eigenvalue weighted by Crippen LogP contribution is 2.20. The molecule has 0 bridgehead atoms. The zero-order valence-corrected chi connectivity index (χ0v) is 20.3. The molecule has 0 aliphatic heterocycles. The molecule has 0 radical (unpaired) electrons. The Morgan fingerprint density at radius 2 is 1.59 bits per heavy atom. The zero-order valence-electron chi connectivity index (χ0n) is 18.7. The summed E-state index contributed by atoms with van der Waals surface area (Å²) in [5.41, 5.74) is 1.73. The van der Waals surface area contributed by atoms with Gasteiger partial charge in [0.25, 0.3) is 10.1 Å². The number of hydrogen-bond acceptors (Lipinski definition) is 7. The number of aryl methyl sites for hydroxylation is 1. The van der Waals surface area contributed by atoms with Gasteiger partial charge in [-0.15, -0.1) is 11.8 Å². The van der Waals surface area contributed by atoms with Gasteiger partial charge in [0, 0.05) is 10.6 Å². The molecule has 0 saturated heterocycles. The van der Waals surface area contributed by atoms with E-state index in [0.29, 0.717) is 0 Å². The normalized spacial score (nSPS) is 13.1. The lowest BCUT2D eigenvalue weighted by atomic mass is 10.2. The van der Waals surface area contributed by atoms with E-state index in [1.165, 1.54) is 23.9 Å². The van der Waals surface area contributed by atoms with Gasteiger partial charge in [-0.2, -0.15) is 8.42 Å². The van der Waals surface area contributed by atoms with E-state index in [2.05, 4.69) is 5.32 Å². The van der Waals surface area contributed by atoms with E-state index < -0.39 is 35.0 Å². The van der Waals surface area contributed by atoms with Crippen LogP contribution in [0.2, 0.25) is 0 Å². The lowest BCUT2D eigenvalue weighted by molar-refractivity contribution is 0.0746. The second-order valence-corrected chi connectivity index (χ2v) is 10.3. The molecule has 0 saturated carbocycles. The van der Waals surface area contributed by atoms with Crippen LogP contribution in [-0.4, -0.2) is 44.1 Å². The van der Waals surface area contributed by atoms with Gasteiger partial charge in [-0.1, -0.05) is 66.2 Å². The van der Waals surface area contributed by atoms with Crippen molar-refractivity contribution in [2.75, 3.05) is 12.4 Å². The second kappa shape index (κ2) is 12.6. The monoisotopic (exact) mass is 501 g/mol. The number of amides is 1. The molecule has 0 unspecified atom stereocenters. The Kier molecular flexibility index (Phi) is 9.52. The molecule has 3 aromatic carbocycles. The van der Waals surface area contributed by atoms with Crippen molar-refractivity contribution in [3.05, 3.63) is 96.1 Å². The van der Waals surface area contributed by atoms with E-state index in [4.69, 9.17) is 8.92 Å². The molecular formula is C25H27NO6S2. The third-order valence-electron chi connectivity index (χ3n) is 4.86. The zero-order chi connectivity index (χ0) is 24.4. The number of nitrogens with one attached hydrogen (secondary N) is 1. The molecule has 180 valence electrons. The van der Waals surface area contributed by atoms with E-state index in [9.17, 15) is 18.3 Å². The van der Waals surface area contributed by atoms with Crippen molar-refractivity contribution in [1.82, 2.24) is 5.32 Å². The Labute approximate surface area is 204 Å². The Morgan fingerprint density at radius 1 is 0.971 bits per heavy atom. The number of rotatable bonds is 11. The van der Waals surface area contributed by atoms with Crippen molar-refractivity contribution < 1.29 is 27.2 Å². The topological polar surface area (TPSA) is 102 Å². The second-order valence-electron chi connectivity index (χ2n) is 7.56. The summed E-state index contributed by atoms with van der Waals surface area (Å²) in [4.78, 5) is 13.3. The first-order chi connectivity index (χ1) is 16.3. The average molecular weight is 502 g/mol. The van der Waals surface area contributed by atoms with Gasteiger partial charge in [-0.25, -0.2) is 4.79 Å². The third kappa shape index (κ3) is 8.18. The van der Waals surface area contributed by atoms with Crippen molar-refractivity contribution in [1.29, 1.82) is 0 Å². The standard InChI is InChI=1S/C25H27NO6S2/c1-19-12-14-22(15-13-19)34(29,30)32-17-24(27)23(18-33-21-10-6-3-7-11-21)26-25(28)31-16-20-8-4-2-5-9-20/h2-15,23-24,27H,16-18H2,1H3,(H,26,28)/t23-,24-/m1/s1. The van der Waals surface area contributed by atoms with Crippen molar-refractivity contribution in [3.8, 4) is 0 Å². The van der Waals surface area contributed by atoms with E-state index >= 15 is 0 Å². The summed E-state index contributed by atoms with van der Waals surface area (Å²) in [6.45, 7) is 1.40. The molecule has 0 heterocycles. The molecule has 7 nitrogen and oxygen atoms in total. The third-order valence-corrected chi connectivity index (χ3v) is 7.28. The first kappa shape index (κ1) is 25.8. The summed E-state index contributed by atoms with van der Waals surface area (Å²) in [6.07, 6.45) is -2.01. The van der Waals surface area contributed by atoms with Crippen LogP contribution in [0, 0.1) is 6.92 Å². The number of thioether (sulfide) groups is 1. The quantitative estimate of drug-likeness (QED) is 0.301. The van der Waals surface area contributed by atoms with Crippen LogP contribution < -0.4 is 5.32 Å². The van der Waals surface area contributed by atoms with Gasteiger partial charge in [0.2, 0.25) is 0 Å². The highest BCUT2D eigenvalue weighted by atomic mass is 32.2. The lowest BCUT2D eigenvalue weighted by Crippen LogP contribution is -2.47. The molecular weight excluding hydrogens is 474 g/mol. The van der Waals surface area contributed by atoms with Gasteiger partial charge < -0.3 is 15.2 Å². The van der Waals surface area contributed by atoms with Crippen LogP contribution in [0.1, 0.15) is 11.1 Å². The Bertz CT molecular complexity index is 1140. The number of carbonyl (C=O) groups excluding carboxylic acids is 1. The summed E-state index contributed by atoms with van der Waals surface area (Å²) >= 11 is 1.41. The minimum atomic E-state index is -4.06. The van der Waals surface area contributed by atoms with Crippen LogP contribution in [0.5, 0.6) is 0 Å². The van der Waals surface area contributed by atoms with Crippen molar-refractivity contribution in [2.24, 2.45) is 0 Å². The van der Waals surface area contributed by atoms with Gasteiger partial charge in [0.05, 0.1) is 23.6 Å². The maximum atomic E-state index is 12.5. The van der Waals surface area contributed by atoms with Gasteiger partial charge in [0.15, 0.2) is 0 Å². The Balaban J connectivity index is 1.62. The first-order valence-corrected chi connectivity index (χ1v) is 13.0. The fraction of sp³-hybridized carbons (Fsp3) is 0.240. The molecule has 0 aliphatic carbocycles. The summed E-state index contributed by atoms with van der Waals surface area (Å²) in [5, 5.41) is 13.3. The summed E-state index contributed by atoms with van der Waals surface area (Å²) < 4.78 is 35.3. The van der Waals surface area contributed by atoms with Crippen LogP contribution in [0.15, 0.2) is 94.7 Å². The fourth-order valence-corrected chi connectivity index (χ4v) is 4.87. The summed E-state index contributed by atoms with van der Waals surface area (Å²) in [6, 6.07) is 24.0. The highest BCUT2D eigenvalue weighted by Gasteiger charge is 2.26. The maximum Gasteiger partial charge on any atom is 0.407 e. The molecule has 0 spiro atoms. The van der Waals surface area contributed by atoms with E-state index in [-0.39, 0.29) is 17.3 Å². The van der Waals surface area contributed by atoms with Gasteiger partial charge in [0.1, 0.15) is 6.61 Å². The molecule has 3 aromatic rings. The molecule has 2 atom stereocenters. The summed E-state index contributed by atoms with van der Waals surface area (Å²) in [7, 11) is -4.06. The minimum absolute atomic E-state index is 0.00394. The highest BCUT2D eigenvalue weighted by molar-refractivity contribution is 7.99. The van der Waals surface area contributed by atoms with Crippen LogP contribution >= 0.6 is 11.8 Å². The van der Waals surface area contributed by atoms with Crippen LogP contribution in [0.4, 0.5) is 4.79 Å². The predicted octanol–water partition coefficient (Wildman–Crippen LogP) is 4.15. The van der Waals surface area contributed by atoms with Crippen LogP contribution in [0.25, 0.3) is 0 Å². The van der Waals surface area contributed by atoms with Gasteiger partial charge >= 0.3 is 6.09 Å². The number of hydrogen-bond donors (Lipinski definition) is 2. The number of benzene rings is 3. The van der Waals surface area contributed by atoms with E-state index in [0.717, 1.165) is 16.0 Å². The SMILES string of the molecule is Cc1ccc(S(=O)(=O)OC[C@@H](O)[C@@H](CSc2ccccc2)NC(=O)OCc2ccccc2)cc1. The predicted molar refractivity (Wildman–Crippen MR) is 131 cm³/mol. The van der Waals surface area contributed by atoms with Crippen LogP contribution in [-0.2, 0) is 25.6 Å². The molecule has 1 amide bonds. The van der Waals surface area contributed by atoms with Crippen molar-refractivity contribution >= 4 is 28.0 Å². The Morgan fingerprint density at radius 3 is 2.24 bits per heavy atom. The molecule has 2 N–H and O–H groups in total. The summed E-state index contributed by atoms with van der Waals surface area (Å²) in [5.74, 6) is 0.277. The molecule has 0 aliphatic rings. The minimum Gasteiger partial charge on any atom is -0.445 e. The number of ether oxygens (including phenoxy) is 1. The average Bonchev–Trinajstić information content (AvgIpc) is 2.85. The fourth-order valence-electron chi connectivity index (χ4n) is 2.92. The number of aliphatic hydroxyl groups is 1. The van der Waals surface area contributed by atoms with Crippen molar-refractivity contribution in [2.45, 2.75) is 35.5 Å². The van der Waals surface area contributed by atoms with E-state index in [1.54, 1.807) is 12.1 Å². The lowest BCUT2D eigenvalue weighted by Gasteiger charge is -2.23. The molecule has 3 rings (SSSR count). The molecule has 0 fully saturated rings. The molecule has 9 heteroatoms. The number of carbonyl (C=O) groups is 1. The Hall–Kier alpha value is -2.85. The van der Waals surface area contributed by atoms with Gasteiger partial charge in [-0.05, 0) is 36.8 Å². The number of aliphatic hydroxyl groups excluding tert-OH is 1. The first-order valence-electron chi connectivity index (χ1n) is 10.6. The van der Waals surface area contributed by atoms with E-state index in [1.807, 2.05) is 67.6 Å².